The molecule has 1 atom stereocenters. The summed E-state index contributed by atoms with van der Waals surface area (Å²) in [6.45, 7) is 1.79. The molecule has 0 spiro atoms. The van der Waals surface area contributed by atoms with E-state index in [4.69, 9.17) is 0 Å². The van der Waals surface area contributed by atoms with Crippen molar-refractivity contribution in [3.05, 3.63) is 71.4 Å². The van der Waals surface area contributed by atoms with Gasteiger partial charge in [-0.3, -0.25) is 9.88 Å². The van der Waals surface area contributed by atoms with Crippen molar-refractivity contribution in [1.82, 2.24) is 19.9 Å². The van der Waals surface area contributed by atoms with Crippen molar-refractivity contribution in [3.8, 4) is 0 Å². The Balaban J connectivity index is 1.26. The lowest BCUT2D eigenvalue weighted by molar-refractivity contribution is 0.131. The lowest BCUT2D eigenvalue weighted by Gasteiger charge is -2.37. The molecule has 3 heterocycles. The average Bonchev–Trinajstić information content (AvgIpc) is 3.55. The summed E-state index contributed by atoms with van der Waals surface area (Å²) in [5.41, 5.74) is 2.98. The number of likely N-dealkylation sites (tertiary alicyclic amines) is 1. The zero-order chi connectivity index (χ0) is 21.8. The maximum atomic E-state index is 13.9. The second-order valence-electron chi connectivity index (χ2n) is 9.06. The predicted molar refractivity (Wildman–Crippen MR) is 117 cm³/mol. The molecule has 2 aromatic heterocycles. The van der Waals surface area contributed by atoms with Gasteiger partial charge in [0.25, 0.3) is 0 Å². The number of hydrogen-bond donors (Lipinski definition) is 1. The molecule has 1 aliphatic heterocycles. The third-order valence-corrected chi connectivity index (χ3v) is 6.99. The highest BCUT2D eigenvalue weighted by molar-refractivity contribution is 5.82. The highest BCUT2D eigenvalue weighted by Gasteiger charge is 2.39. The molecule has 0 radical (unpaired) electrons. The van der Waals surface area contributed by atoms with Crippen molar-refractivity contribution in [1.29, 1.82) is 0 Å². The molecule has 0 bridgehead atoms. The molecule has 0 amide bonds. The average molecular weight is 436 g/mol. The van der Waals surface area contributed by atoms with Crippen LogP contribution < -0.4 is 0 Å². The molecule has 164 valence electrons. The summed E-state index contributed by atoms with van der Waals surface area (Å²) in [4.78, 5) is 14.7. The number of pyridine rings is 1. The highest BCUT2D eigenvalue weighted by Crippen LogP contribution is 2.46. The molecule has 1 saturated carbocycles. The number of aromatic nitrogens is 3. The fraction of sp³-hybridized carbons (Fsp3) is 0.360. The number of nitrogens with one attached hydrogen (secondary N) is 1. The van der Waals surface area contributed by atoms with Gasteiger partial charge in [-0.05, 0) is 80.4 Å². The molecule has 1 aliphatic carbocycles. The summed E-state index contributed by atoms with van der Waals surface area (Å²) in [5, 5.41) is 0.894. The number of halogens is 3. The number of piperidine rings is 1. The fourth-order valence-corrected chi connectivity index (χ4v) is 5.26. The first kappa shape index (κ1) is 19.7. The van der Waals surface area contributed by atoms with Crippen molar-refractivity contribution in [3.63, 3.8) is 0 Å². The van der Waals surface area contributed by atoms with E-state index in [0.717, 1.165) is 67.1 Å². The minimum Gasteiger partial charge on any atom is -0.341 e. The maximum absolute atomic E-state index is 13.9. The molecular weight excluding hydrogens is 413 g/mol. The molecule has 4 nitrogen and oxygen atoms in total. The summed E-state index contributed by atoms with van der Waals surface area (Å²) < 4.78 is 41.2. The van der Waals surface area contributed by atoms with Crippen LogP contribution in [-0.2, 0) is 0 Å². The quantitative estimate of drug-likeness (QED) is 0.436. The van der Waals surface area contributed by atoms with Gasteiger partial charge >= 0.3 is 0 Å². The first-order valence-electron chi connectivity index (χ1n) is 11.2. The van der Waals surface area contributed by atoms with E-state index in [-0.39, 0.29) is 11.9 Å². The molecule has 2 aliphatic rings. The van der Waals surface area contributed by atoms with Crippen LogP contribution in [0.2, 0.25) is 0 Å². The van der Waals surface area contributed by atoms with E-state index in [1.54, 1.807) is 12.1 Å². The Morgan fingerprint density at radius 3 is 2.47 bits per heavy atom. The van der Waals surface area contributed by atoms with Gasteiger partial charge in [-0.25, -0.2) is 18.2 Å². The van der Waals surface area contributed by atoms with E-state index in [2.05, 4.69) is 19.9 Å². The third-order valence-electron chi connectivity index (χ3n) is 6.99. The lowest BCUT2D eigenvalue weighted by Crippen LogP contribution is -2.37. The number of H-pyrrole nitrogens is 1. The largest absolute Gasteiger partial charge is 0.341 e. The van der Waals surface area contributed by atoms with Gasteiger partial charge in [0.2, 0.25) is 0 Å². The second-order valence-corrected chi connectivity index (χ2v) is 9.06. The van der Waals surface area contributed by atoms with E-state index >= 15 is 0 Å². The van der Waals surface area contributed by atoms with Crippen molar-refractivity contribution in [2.24, 2.45) is 5.92 Å². The smallest absolute Gasteiger partial charge is 0.161 e. The second kappa shape index (κ2) is 7.59. The maximum Gasteiger partial charge on any atom is 0.161 e. The van der Waals surface area contributed by atoms with Gasteiger partial charge < -0.3 is 4.98 Å². The van der Waals surface area contributed by atoms with Gasteiger partial charge in [-0.15, -0.1) is 0 Å². The highest BCUT2D eigenvalue weighted by atomic mass is 19.2. The van der Waals surface area contributed by atoms with Crippen LogP contribution in [0, 0.1) is 23.4 Å². The molecule has 1 unspecified atom stereocenters. The topological polar surface area (TPSA) is 44.8 Å². The SMILES string of the molecule is Fc1ccc2nccc(C3CCN(C(c4nc5cc(F)c(F)cc5[nH]4)C4CC4)CC3)c2c1. The van der Waals surface area contributed by atoms with Crippen molar-refractivity contribution < 1.29 is 13.2 Å². The van der Waals surface area contributed by atoms with Crippen molar-refractivity contribution in [2.75, 3.05) is 13.1 Å². The van der Waals surface area contributed by atoms with E-state index in [1.807, 2.05) is 12.3 Å². The van der Waals surface area contributed by atoms with E-state index < -0.39 is 11.6 Å². The van der Waals surface area contributed by atoms with Gasteiger partial charge in [0.1, 0.15) is 11.6 Å². The Morgan fingerprint density at radius 2 is 1.69 bits per heavy atom. The molecule has 7 heteroatoms. The summed E-state index contributed by atoms with van der Waals surface area (Å²) in [6.07, 6.45) is 6.00. The molecule has 2 fully saturated rings. The Labute approximate surface area is 183 Å². The number of benzene rings is 2. The van der Waals surface area contributed by atoms with Gasteiger partial charge in [0.15, 0.2) is 11.6 Å². The van der Waals surface area contributed by atoms with Crippen LogP contribution >= 0.6 is 0 Å². The third kappa shape index (κ3) is 3.45. The van der Waals surface area contributed by atoms with Crippen LogP contribution in [0.3, 0.4) is 0 Å². The number of hydrogen-bond acceptors (Lipinski definition) is 3. The van der Waals surface area contributed by atoms with E-state index in [0.29, 0.717) is 22.9 Å². The number of imidazole rings is 1. The molecule has 6 rings (SSSR count). The first-order chi connectivity index (χ1) is 15.6. The normalized spacial score (nSPS) is 19.1. The van der Waals surface area contributed by atoms with Gasteiger partial charge in [-0.2, -0.15) is 0 Å². The first-order valence-corrected chi connectivity index (χ1v) is 11.2. The monoisotopic (exact) mass is 436 g/mol. The van der Waals surface area contributed by atoms with Crippen LogP contribution in [0.15, 0.2) is 42.6 Å². The van der Waals surface area contributed by atoms with Crippen LogP contribution in [-0.4, -0.2) is 32.9 Å². The summed E-state index contributed by atoms with van der Waals surface area (Å²) >= 11 is 0. The Morgan fingerprint density at radius 1 is 0.906 bits per heavy atom. The summed E-state index contributed by atoms with van der Waals surface area (Å²) in [6, 6.07) is 9.26. The number of fused-ring (bicyclic) bond motifs is 2. The van der Waals surface area contributed by atoms with Crippen LogP contribution in [0.1, 0.15) is 49.0 Å². The predicted octanol–water partition coefficient (Wildman–Crippen LogP) is 5.86. The standard InChI is InChI=1S/C25H23F3N4/c26-16-3-4-21-18(11-16)17(5-8-29-21)14-6-9-32(10-7-14)24(15-1-2-15)25-30-22-12-19(27)20(28)13-23(22)31-25/h3-5,8,11-15,24H,1-2,6-7,9-10H2,(H,30,31). The van der Waals surface area contributed by atoms with Gasteiger partial charge in [0, 0.05) is 23.7 Å². The van der Waals surface area contributed by atoms with Crippen LogP contribution in [0.4, 0.5) is 13.2 Å². The number of aromatic amines is 1. The van der Waals surface area contributed by atoms with Crippen molar-refractivity contribution >= 4 is 21.9 Å². The van der Waals surface area contributed by atoms with Crippen molar-refractivity contribution in [2.45, 2.75) is 37.6 Å². The molecule has 4 aromatic rings. The minimum atomic E-state index is -0.875. The molecule has 1 saturated heterocycles. The number of rotatable bonds is 4. The Bertz CT molecular complexity index is 1270. The van der Waals surface area contributed by atoms with Gasteiger partial charge in [-0.1, -0.05) is 0 Å². The van der Waals surface area contributed by atoms with Gasteiger partial charge in [0.05, 0.1) is 22.6 Å². The zero-order valence-electron chi connectivity index (χ0n) is 17.5. The molecule has 1 N–H and O–H groups in total. The lowest BCUT2D eigenvalue weighted by atomic mass is 9.86. The van der Waals surface area contributed by atoms with Crippen LogP contribution in [0.5, 0.6) is 0 Å². The Kier molecular flexibility index (Phi) is 4.68. The molecular formula is C25H23F3N4. The fourth-order valence-electron chi connectivity index (χ4n) is 5.26. The zero-order valence-corrected chi connectivity index (χ0v) is 17.5. The Hall–Kier alpha value is -2.93. The number of nitrogens with zero attached hydrogens (tertiary/aromatic N) is 3. The molecule has 2 aromatic carbocycles. The summed E-state index contributed by atoms with van der Waals surface area (Å²) in [5.74, 6) is -0.328. The summed E-state index contributed by atoms with van der Waals surface area (Å²) in [7, 11) is 0. The molecule has 32 heavy (non-hydrogen) atoms. The minimum absolute atomic E-state index is 0.126. The van der Waals surface area contributed by atoms with Crippen LogP contribution in [0.25, 0.3) is 21.9 Å². The van der Waals surface area contributed by atoms with E-state index in [9.17, 15) is 13.2 Å². The van der Waals surface area contributed by atoms with E-state index in [1.165, 1.54) is 12.1 Å².